The van der Waals surface area contributed by atoms with Crippen LogP contribution in [-0.2, 0) is 19.1 Å². The molecule has 0 N–H and O–H groups in total. The zero-order chi connectivity index (χ0) is 13.1. The molecule has 1 aromatic carbocycles. The molecular weight excluding hydrogens is 236 g/mol. The molecule has 0 unspecified atom stereocenters. The summed E-state index contributed by atoms with van der Waals surface area (Å²) in [7, 11) is 0. The van der Waals surface area contributed by atoms with Gasteiger partial charge in [0.25, 0.3) is 6.29 Å². The van der Waals surface area contributed by atoms with E-state index in [-0.39, 0.29) is 12.5 Å². The summed E-state index contributed by atoms with van der Waals surface area (Å²) < 4.78 is 15.4. The fourth-order valence-corrected chi connectivity index (χ4v) is 1.58. The topological polar surface area (TPSA) is 61.8 Å². The molecule has 5 heteroatoms. The Bertz CT molecular complexity index is 433. The Kier molecular flexibility index (Phi) is 3.50. The number of esters is 2. The summed E-state index contributed by atoms with van der Waals surface area (Å²) >= 11 is 0. The van der Waals surface area contributed by atoms with Crippen LogP contribution in [0.25, 0.3) is 0 Å². The maximum atomic E-state index is 11.1. The third-order valence-corrected chi connectivity index (χ3v) is 2.29. The third kappa shape index (κ3) is 3.00. The van der Waals surface area contributed by atoms with Gasteiger partial charge in [-0.05, 0) is 38.1 Å². The van der Waals surface area contributed by atoms with E-state index in [0.29, 0.717) is 11.3 Å². The monoisotopic (exact) mass is 250 g/mol. The van der Waals surface area contributed by atoms with E-state index in [1.165, 1.54) is 0 Å². The van der Waals surface area contributed by atoms with Crippen molar-refractivity contribution >= 4 is 11.9 Å². The van der Waals surface area contributed by atoms with E-state index in [9.17, 15) is 9.59 Å². The Morgan fingerprint density at radius 2 is 1.67 bits per heavy atom. The number of cyclic esters (lactones) is 2. The van der Waals surface area contributed by atoms with Gasteiger partial charge in [0, 0.05) is 5.56 Å². The Balaban J connectivity index is 2.09. The Hall–Kier alpha value is -2.04. The van der Waals surface area contributed by atoms with Crippen molar-refractivity contribution in [1.82, 2.24) is 0 Å². The molecule has 0 spiro atoms. The molecule has 1 saturated heterocycles. The molecule has 0 saturated carbocycles. The lowest BCUT2D eigenvalue weighted by Crippen LogP contribution is -2.26. The second-order valence-corrected chi connectivity index (χ2v) is 4.22. The summed E-state index contributed by atoms with van der Waals surface area (Å²) in [6.45, 7) is 3.86. The van der Waals surface area contributed by atoms with Crippen LogP contribution < -0.4 is 4.74 Å². The normalized spacial score (nSPS) is 16.4. The highest BCUT2D eigenvalue weighted by atomic mass is 16.7. The van der Waals surface area contributed by atoms with Crippen molar-refractivity contribution in [2.75, 3.05) is 0 Å². The zero-order valence-electron chi connectivity index (χ0n) is 10.2. The first kappa shape index (κ1) is 12.4. The first-order valence-electron chi connectivity index (χ1n) is 5.70. The second-order valence-electron chi connectivity index (χ2n) is 4.22. The zero-order valence-corrected chi connectivity index (χ0v) is 10.2. The van der Waals surface area contributed by atoms with E-state index in [0.717, 1.165) is 0 Å². The quantitative estimate of drug-likeness (QED) is 0.606. The van der Waals surface area contributed by atoms with Gasteiger partial charge in [-0.2, -0.15) is 0 Å². The largest absolute Gasteiger partial charge is 0.491 e. The maximum Gasteiger partial charge on any atom is 0.320 e. The molecule has 0 aliphatic carbocycles. The molecule has 2 rings (SSSR count). The highest BCUT2D eigenvalue weighted by Crippen LogP contribution is 2.26. The molecule has 0 amide bonds. The number of hydrogen-bond donors (Lipinski definition) is 0. The maximum absolute atomic E-state index is 11.1. The summed E-state index contributed by atoms with van der Waals surface area (Å²) in [6, 6.07) is 6.89. The minimum absolute atomic E-state index is 0.0844. The lowest BCUT2D eigenvalue weighted by atomic mass is 10.2. The van der Waals surface area contributed by atoms with E-state index in [4.69, 9.17) is 14.2 Å². The number of carbonyl (C=O) groups excluding carboxylic acids is 2. The van der Waals surface area contributed by atoms with Gasteiger partial charge < -0.3 is 14.2 Å². The van der Waals surface area contributed by atoms with Gasteiger partial charge in [0.05, 0.1) is 6.10 Å². The molecule has 1 aliphatic heterocycles. The van der Waals surface area contributed by atoms with Gasteiger partial charge in [0.2, 0.25) is 0 Å². The minimum Gasteiger partial charge on any atom is -0.491 e. The van der Waals surface area contributed by atoms with Crippen molar-refractivity contribution in [3.05, 3.63) is 29.8 Å². The highest BCUT2D eigenvalue weighted by molar-refractivity contribution is 5.92. The predicted octanol–water partition coefficient (Wildman–Crippen LogP) is 1.96. The van der Waals surface area contributed by atoms with E-state index < -0.39 is 18.2 Å². The molecule has 1 aliphatic rings. The van der Waals surface area contributed by atoms with Gasteiger partial charge in [0.1, 0.15) is 12.2 Å². The molecule has 0 aromatic heterocycles. The molecule has 18 heavy (non-hydrogen) atoms. The van der Waals surface area contributed by atoms with Crippen molar-refractivity contribution in [2.45, 2.75) is 32.7 Å². The Morgan fingerprint density at radius 1 is 1.11 bits per heavy atom. The van der Waals surface area contributed by atoms with Gasteiger partial charge in [-0.3, -0.25) is 9.59 Å². The SMILES string of the molecule is CC(C)Oc1ccc(C2OC(=O)CC(=O)O2)cc1. The molecule has 96 valence electrons. The lowest BCUT2D eigenvalue weighted by Gasteiger charge is -2.22. The van der Waals surface area contributed by atoms with E-state index in [2.05, 4.69) is 0 Å². The Labute approximate surface area is 105 Å². The number of ether oxygens (including phenoxy) is 3. The van der Waals surface area contributed by atoms with Crippen LogP contribution in [0.3, 0.4) is 0 Å². The van der Waals surface area contributed by atoms with Crippen LogP contribution in [-0.4, -0.2) is 18.0 Å². The molecule has 1 heterocycles. The highest BCUT2D eigenvalue weighted by Gasteiger charge is 2.28. The molecule has 0 radical (unpaired) electrons. The molecule has 0 bridgehead atoms. The summed E-state index contributed by atoms with van der Waals surface area (Å²) in [5.41, 5.74) is 0.604. The smallest absolute Gasteiger partial charge is 0.320 e. The van der Waals surface area contributed by atoms with Gasteiger partial charge >= 0.3 is 11.9 Å². The van der Waals surface area contributed by atoms with Crippen molar-refractivity contribution in [3.63, 3.8) is 0 Å². The van der Waals surface area contributed by atoms with Crippen LogP contribution in [0.15, 0.2) is 24.3 Å². The third-order valence-electron chi connectivity index (χ3n) is 2.29. The molecular formula is C13H14O5. The van der Waals surface area contributed by atoms with E-state index in [1.54, 1.807) is 24.3 Å². The number of hydrogen-bond acceptors (Lipinski definition) is 5. The summed E-state index contributed by atoms with van der Waals surface area (Å²) in [5.74, 6) is -0.431. The fraction of sp³-hybridized carbons (Fsp3) is 0.385. The number of rotatable bonds is 3. The van der Waals surface area contributed by atoms with Gasteiger partial charge in [-0.1, -0.05) is 0 Å². The lowest BCUT2D eigenvalue weighted by molar-refractivity contribution is -0.204. The molecule has 1 aromatic rings. The van der Waals surface area contributed by atoms with E-state index in [1.807, 2.05) is 13.8 Å². The van der Waals surface area contributed by atoms with Crippen LogP contribution in [0, 0.1) is 0 Å². The van der Waals surface area contributed by atoms with Crippen LogP contribution in [0.1, 0.15) is 32.1 Å². The minimum atomic E-state index is -0.952. The average molecular weight is 250 g/mol. The first-order valence-corrected chi connectivity index (χ1v) is 5.70. The van der Waals surface area contributed by atoms with Crippen molar-refractivity contribution in [1.29, 1.82) is 0 Å². The molecule has 1 fully saturated rings. The van der Waals surface area contributed by atoms with Crippen LogP contribution >= 0.6 is 0 Å². The Morgan fingerprint density at radius 3 is 2.17 bits per heavy atom. The number of carbonyl (C=O) groups is 2. The molecule has 5 nitrogen and oxygen atoms in total. The van der Waals surface area contributed by atoms with Gasteiger partial charge in [0.15, 0.2) is 0 Å². The summed E-state index contributed by atoms with van der Waals surface area (Å²) in [6.07, 6.45) is -1.20. The standard InChI is InChI=1S/C13H14O5/c1-8(2)16-10-5-3-9(4-6-10)13-17-11(14)7-12(15)18-13/h3-6,8,13H,7H2,1-2H3. The summed E-state index contributed by atoms with van der Waals surface area (Å²) in [5, 5.41) is 0. The predicted molar refractivity (Wildman–Crippen MR) is 61.7 cm³/mol. The van der Waals surface area contributed by atoms with Crippen molar-refractivity contribution < 1.29 is 23.8 Å². The number of benzene rings is 1. The van der Waals surface area contributed by atoms with Gasteiger partial charge in [-0.25, -0.2) is 0 Å². The summed E-state index contributed by atoms with van der Waals surface area (Å²) in [4.78, 5) is 22.2. The van der Waals surface area contributed by atoms with Crippen molar-refractivity contribution in [2.24, 2.45) is 0 Å². The van der Waals surface area contributed by atoms with Crippen LogP contribution in [0.5, 0.6) is 5.75 Å². The van der Waals surface area contributed by atoms with E-state index >= 15 is 0 Å². The fourth-order valence-electron chi connectivity index (χ4n) is 1.58. The first-order chi connectivity index (χ1) is 8.54. The average Bonchev–Trinajstić information content (AvgIpc) is 2.27. The van der Waals surface area contributed by atoms with Crippen molar-refractivity contribution in [3.8, 4) is 5.75 Å². The second kappa shape index (κ2) is 5.08. The van der Waals surface area contributed by atoms with Gasteiger partial charge in [-0.15, -0.1) is 0 Å². The van der Waals surface area contributed by atoms with Crippen LogP contribution in [0.2, 0.25) is 0 Å². The molecule has 0 atom stereocenters. The van der Waals surface area contributed by atoms with Crippen LogP contribution in [0.4, 0.5) is 0 Å².